The van der Waals surface area contributed by atoms with Gasteiger partial charge in [-0.3, -0.25) is 4.98 Å². The summed E-state index contributed by atoms with van der Waals surface area (Å²) in [6, 6.07) is 20.6. The van der Waals surface area contributed by atoms with E-state index in [4.69, 9.17) is 9.10 Å². The largest absolute Gasteiger partial charge is 0.257 e. The first-order valence-corrected chi connectivity index (χ1v) is 11.9. The summed E-state index contributed by atoms with van der Waals surface area (Å²) in [5, 5.41) is 0. The van der Waals surface area contributed by atoms with Gasteiger partial charge >= 0.3 is 0 Å². The molecule has 6 rings (SSSR count). The van der Waals surface area contributed by atoms with E-state index < -0.39 is 6.85 Å². The van der Waals surface area contributed by atoms with Crippen LogP contribution in [0.4, 0.5) is 0 Å². The Balaban J connectivity index is 1.50. The van der Waals surface area contributed by atoms with Crippen molar-refractivity contribution in [3.63, 3.8) is 0 Å². The van der Waals surface area contributed by atoms with Crippen LogP contribution in [0.2, 0.25) is 0 Å². The summed E-state index contributed by atoms with van der Waals surface area (Å²) in [5.41, 5.74) is 12.7. The standard InChI is InChI=1S/C31H31N2/c1-20-7-11-23(12-8-20)24-13-16-27(33(4)19-24)28-21(2)9-14-25-26-15-10-22(3)32-30(26)31(29(25)28)17-5-6-18-31/h7-16,19H,5-6,17-18H2,1-4H3/q+1/i1D3. The molecule has 0 radical (unpaired) electrons. The molecule has 0 bridgehead atoms. The molecule has 1 saturated carbocycles. The third-order valence-corrected chi connectivity index (χ3v) is 7.74. The maximum Gasteiger partial charge on any atom is 0.212 e. The Morgan fingerprint density at radius 3 is 2.30 bits per heavy atom. The maximum atomic E-state index is 7.64. The Hall–Kier alpha value is -3.26. The van der Waals surface area contributed by atoms with Gasteiger partial charge in [0.1, 0.15) is 7.05 Å². The Labute approximate surface area is 201 Å². The van der Waals surface area contributed by atoms with E-state index in [1.807, 2.05) is 12.1 Å². The molecule has 0 N–H and O–H groups in total. The molecule has 33 heavy (non-hydrogen) atoms. The van der Waals surface area contributed by atoms with Crippen LogP contribution in [0, 0.1) is 20.7 Å². The fraction of sp³-hybridized carbons (Fsp3) is 0.290. The molecule has 0 saturated heterocycles. The van der Waals surface area contributed by atoms with E-state index in [0.29, 0.717) is 5.56 Å². The summed E-state index contributed by atoms with van der Waals surface area (Å²) >= 11 is 0. The second kappa shape index (κ2) is 7.38. The molecular formula is C31H31N2+. The van der Waals surface area contributed by atoms with Crippen LogP contribution < -0.4 is 4.57 Å². The summed E-state index contributed by atoms with van der Waals surface area (Å²) in [7, 11) is 2.11. The number of benzene rings is 2. The van der Waals surface area contributed by atoms with E-state index in [9.17, 15) is 0 Å². The number of hydrogen-bond donors (Lipinski definition) is 0. The van der Waals surface area contributed by atoms with Crippen LogP contribution in [0.25, 0.3) is 33.5 Å². The van der Waals surface area contributed by atoms with Crippen LogP contribution in [0.15, 0.2) is 66.9 Å². The Bertz CT molecular complexity index is 1490. The van der Waals surface area contributed by atoms with E-state index in [0.717, 1.165) is 29.7 Å². The Morgan fingerprint density at radius 1 is 0.848 bits per heavy atom. The lowest BCUT2D eigenvalue weighted by Crippen LogP contribution is -2.32. The highest BCUT2D eigenvalue weighted by molar-refractivity contribution is 5.88. The maximum absolute atomic E-state index is 7.64. The van der Waals surface area contributed by atoms with Crippen LogP contribution >= 0.6 is 0 Å². The molecule has 0 amide bonds. The molecule has 2 aromatic carbocycles. The van der Waals surface area contributed by atoms with E-state index in [1.165, 1.54) is 52.0 Å². The van der Waals surface area contributed by atoms with Gasteiger partial charge in [0.15, 0.2) is 6.20 Å². The molecule has 0 atom stereocenters. The molecule has 2 nitrogen and oxygen atoms in total. The lowest BCUT2D eigenvalue weighted by Gasteiger charge is -2.28. The summed E-state index contributed by atoms with van der Waals surface area (Å²) in [6.45, 7) is 2.24. The van der Waals surface area contributed by atoms with Crippen molar-refractivity contribution >= 4 is 0 Å². The van der Waals surface area contributed by atoms with Gasteiger partial charge in [-0.2, -0.15) is 0 Å². The Morgan fingerprint density at radius 2 is 1.58 bits per heavy atom. The first kappa shape index (κ1) is 17.2. The van der Waals surface area contributed by atoms with Crippen molar-refractivity contribution in [3.8, 4) is 33.5 Å². The lowest BCUT2D eigenvalue weighted by atomic mass is 9.75. The summed E-state index contributed by atoms with van der Waals surface area (Å²) < 4.78 is 25.1. The van der Waals surface area contributed by atoms with Gasteiger partial charge in [-0.1, -0.05) is 60.9 Å². The minimum atomic E-state index is -2.08. The smallest absolute Gasteiger partial charge is 0.212 e. The van der Waals surface area contributed by atoms with Gasteiger partial charge in [0.25, 0.3) is 0 Å². The molecule has 2 aliphatic carbocycles. The molecule has 2 aromatic heterocycles. The van der Waals surface area contributed by atoms with E-state index in [1.54, 1.807) is 12.1 Å². The van der Waals surface area contributed by atoms with Crippen LogP contribution in [0.3, 0.4) is 0 Å². The van der Waals surface area contributed by atoms with Crippen LogP contribution in [-0.2, 0) is 12.5 Å². The molecule has 4 aromatic rings. The quantitative estimate of drug-likeness (QED) is 0.310. The summed E-state index contributed by atoms with van der Waals surface area (Å²) in [6.07, 6.45) is 6.93. The fourth-order valence-corrected chi connectivity index (χ4v) is 6.18. The van der Waals surface area contributed by atoms with E-state index in [-0.39, 0.29) is 5.41 Å². The van der Waals surface area contributed by atoms with Gasteiger partial charge < -0.3 is 0 Å². The van der Waals surface area contributed by atoms with Crippen LogP contribution in [-0.4, -0.2) is 4.98 Å². The van der Waals surface area contributed by atoms with Gasteiger partial charge in [-0.15, -0.1) is 0 Å². The number of nitrogens with zero attached hydrogens (tertiary/aromatic N) is 2. The SMILES string of the molecule is [2H]C([2H])([2H])c1ccc(-c2ccc(-c3c(C)ccc4c3C3(CCCC3)c3nc(C)ccc3-4)[n+](C)c2)cc1. The zero-order valence-electron chi connectivity index (χ0n) is 22.6. The summed E-state index contributed by atoms with van der Waals surface area (Å²) in [5.74, 6) is 0. The number of pyridine rings is 2. The van der Waals surface area contributed by atoms with Gasteiger partial charge in [0.2, 0.25) is 5.69 Å². The molecule has 0 aliphatic heterocycles. The first-order chi connectivity index (χ1) is 17.2. The third-order valence-electron chi connectivity index (χ3n) is 7.74. The van der Waals surface area contributed by atoms with E-state index in [2.05, 4.69) is 68.1 Å². The topological polar surface area (TPSA) is 16.8 Å². The van der Waals surface area contributed by atoms with Gasteiger partial charge in [0.05, 0.1) is 11.3 Å². The highest BCUT2D eigenvalue weighted by atomic mass is 14.9. The molecule has 2 aliphatic rings. The van der Waals surface area contributed by atoms with Crippen molar-refractivity contribution in [2.75, 3.05) is 0 Å². The molecular weight excluding hydrogens is 400 g/mol. The second-order valence-corrected chi connectivity index (χ2v) is 9.81. The highest BCUT2D eigenvalue weighted by Crippen LogP contribution is 2.58. The normalized spacial score (nSPS) is 17.4. The van der Waals surface area contributed by atoms with Crippen molar-refractivity contribution in [3.05, 3.63) is 94.9 Å². The lowest BCUT2D eigenvalue weighted by molar-refractivity contribution is -0.659. The zero-order chi connectivity index (χ0) is 25.2. The number of hydrogen-bond acceptors (Lipinski definition) is 1. The Kier molecular flexibility index (Phi) is 3.86. The third kappa shape index (κ3) is 3.00. The number of aryl methyl sites for hydroxylation is 4. The van der Waals surface area contributed by atoms with Crippen molar-refractivity contribution in [2.24, 2.45) is 7.05 Å². The minimum Gasteiger partial charge on any atom is -0.257 e. The molecule has 1 fully saturated rings. The predicted octanol–water partition coefficient (Wildman–Crippen LogP) is 7.01. The zero-order valence-corrected chi connectivity index (χ0v) is 19.6. The minimum absolute atomic E-state index is 0.00514. The monoisotopic (exact) mass is 434 g/mol. The molecule has 2 heterocycles. The van der Waals surface area contributed by atoms with Crippen molar-refractivity contribution in [1.82, 2.24) is 4.98 Å². The van der Waals surface area contributed by atoms with Crippen LogP contribution in [0.1, 0.15) is 57.9 Å². The fourth-order valence-electron chi connectivity index (χ4n) is 6.18. The number of fused-ring (bicyclic) bond motifs is 5. The number of aromatic nitrogens is 2. The van der Waals surface area contributed by atoms with Gasteiger partial charge in [-0.25, -0.2) is 4.57 Å². The number of rotatable bonds is 2. The second-order valence-electron chi connectivity index (χ2n) is 9.81. The van der Waals surface area contributed by atoms with Gasteiger partial charge in [0, 0.05) is 32.4 Å². The summed E-state index contributed by atoms with van der Waals surface area (Å²) in [4.78, 5) is 5.12. The van der Waals surface area contributed by atoms with Crippen molar-refractivity contribution in [2.45, 2.75) is 51.8 Å². The first-order valence-electron chi connectivity index (χ1n) is 13.4. The average molecular weight is 435 g/mol. The molecule has 1 spiro atoms. The molecule has 0 unspecified atom stereocenters. The highest BCUT2D eigenvalue weighted by Gasteiger charge is 2.49. The van der Waals surface area contributed by atoms with Crippen LogP contribution in [0.5, 0.6) is 0 Å². The average Bonchev–Trinajstić information content (AvgIpc) is 3.44. The predicted molar refractivity (Wildman–Crippen MR) is 135 cm³/mol. The van der Waals surface area contributed by atoms with Crippen molar-refractivity contribution < 1.29 is 8.68 Å². The van der Waals surface area contributed by atoms with Gasteiger partial charge in [-0.05, 0) is 67.9 Å². The molecule has 2 heteroatoms. The van der Waals surface area contributed by atoms with E-state index >= 15 is 0 Å². The molecule has 164 valence electrons. The van der Waals surface area contributed by atoms with Crippen molar-refractivity contribution in [1.29, 1.82) is 0 Å².